The molecule has 1 aromatic carbocycles. The van der Waals surface area contributed by atoms with Crippen molar-refractivity contribution in [1.29, 1.82) is 0 Å². The van der Waals surface area contributed by atoms with E-state index in [0.29, 0.717) is 15.6 Å². The van der Waals surface area contributed by atoms with Crippen molar-refractivity contribution in [3.8, 4) is 11.8 Å². The molecule has 11 heteroatoms. The van der Waals surface area contributed by atoms with Crippen LogP contribution in [-0.2, 0) is 16.6 Å². The van der Waals surface area contributed by atoms with Crippen molar-refractivity contribution < 1.29 is 27.1 Å². The van der Waals surface area contributed by atoms with Crippen molar-refractivity contribution in [3.05, 3.63) is 65.7 Å². The number of rotatable bonds is 5. The molecule has 0 spiro atoms. The number of halogens is 1. The summed E-state index contributed by atoms with van der Waals surface area (Å²) in [6, 6.07) is 9.27. The molecule has 0 N–H and O–H groups in total. The Bertz CT molecular complexity index is 1290. The second kappa shape index (κ2) is 8.08. The van der Waals surface area contributed by atoms with Crippen LogP contribution in [0.1, 0.15) is 11.3 Å². The number of nitrogens with zero attached hydrogens (tertiary/aromatic N) is 4. The molecule has 1 aliphatic rings. The topological polar surface area (TPSA) is 102 Å². The number of urea groups is 1. The number of ether oxygens (including phenoxy) is 2. The Balaban J connectivity index is 1.89. The number of methoxy groups -OCH3 is 2. The van der Waals surface area contributed by atoms with E-state index in [-0.39, 0.29) is 34.6 Å². The van der Waals surface area contributed by atoms with Crippen LogP contribution in [0.3, 0.4) is 0 Å². The maximum absolute atomic E-state index is 13.6. The van der Waals surface area contributed by atoms with E-state index in [2.05, 4.69) is 9.97 Å². The number of carbonyl (C=O) groups excluding carboxylic acids is 1. The fourth-order valence-corrected chi connectivity index (χ4v) is 4.97. The zero-order valence-electron chi connectivity index (χ0n) is 17.4. The number of anilines is 2. The van der Waals surface area contributed by atoms with Crippen LogP contribution in [0.2, 0.25) is 0 Å². The highest BCUT2D eigenvalue weighted by atomic mass is 32.2. The first-order chi connectivity index (χ1) is 15.3. The lowest BCUT2D eigenvalue weighted by Gasteiger charge is -2.36. The van der Waals surface area contributed by atoms with Crippen molar-refractivity contribution >= 4 is 27.4 Å². The van der Waals surface area contributed by atoms with E-state index in [4.69, 9.17) is 9.47 Å². The minimum atomic E-state index is -4.25. The highest BCUT2D eigenvalue weighted by Crippen LogP contribution is 2.39. The van der Waals surface area contributed by atoms with Gasteiger partial charge >= 0.3 is 6.03 Å². The molecule has 1 aliphatic heterocycles. The summed E-state index contributed by atoms with van der Waals surface area (Å²) in [7, 11) is -1.53. The summed E-state index contributed by atoms with van der Waals surface area (Å²) in [5.41, 5.74) is 1.16. The molecule has 4 rings (SSSR count). The number of amides is 2. The van der Waals surface area contributed by atoms with Gasteiger partial charge < -0.3 is 9.47 Å². The third-order valence-corrected chi connectivity index (χ3v) is 6.70. The molecule has 0 atom stereocenters. The third kappa shape index (κ3) is 3.60. The first kappa shape index (κ1) is 21.5. The lowest BCUT2D eigenvalue weighted by Crippen LogP contribution is -2.50. The van der Waals surface area contributed by atoms with Gasteiger partial charge in [0.05, 0.1) is 44.0 Å². The second-order valence-corrected chi connectivity index (χ2v) is 8.69. The Hall–Kier alpha value is -3.73. The average molecular weight is 458 g/mol. The first-order valence-corrected chi connectivity index (χ1v) is 10.9. The number of aromatic nitrogens is 2. The van der Waals surface area contributed by atoms with E-state index < -0.39 is 21.9 Å². The summed E-state index contributed by atoms with van der Waals surface area (Å²) in [5, 5.41) is 0. The Kier molecular flexibility index (Phi) is 5.43. The maximum Gasteiger partial charge on any atom is 0.343 e. The molecule has 32 heavy (non-hydrogen) atoms. The Morgan fingerprint density at radius 2 is 1.72 bits per heavy atom. The predicted molar refractivity (Wildman–Crippen MR) is 114 cm³/mol. The fraction of sp³-hybridized carbons (Fsp3) is 0.190. The fourth-order valence-electron chi connectivity index (χ4n) is 3.39. The zero-order valence-corrected chi connectivity index (χ0v) is 18.3. The van der Waals surface area contributed by atoms with E-state index in [1.165, 1.54) is 49.5 Å². The number of hydrogen-bond acceptors (Lipinski definition) is 7. The van der Waals surface area contributed by atoms with Crippen LogP contribution in [0.5, 0.6) is 11.8 Å². The van der Waals surface area contributed by atoms with E-state index in [9.17, 15) is 17.6 Å². The molecule has 0 saturated heterocycles. The van der Waals surface area contributed by atoms with Crippen molar-refractivity contribution in [3.63, 3.8) is 0 Å². The van der Waals surface area contributed by atoms with Gasteiger partial charge in [-0.15, -0.1) is 0 Å². The molecule has 3 aromatic rings. The molecular weight excluding hydrogens is 439 g/mol. The molecule has 2 amide bonds. The van der Waals surface area contributed by atoms with E-state index >= 15 is 0 Å². The SMILES string of the molecule is COc1cc(N2C(=O)N(Cc3ncc(F)cc3C)c3ccccc3S2(=O)=O)cc(OC)n1. The molecule has 9 nitrogen and oxygen atoms in total. The van der Waals surface area contributed by atoms with Gasteiger partial charge in [-0.3, -0.25) is 9.88 Å². The summed E-state index contributed by atoms with van der Waals surface area (Å²) in [6.07, 6.45) is 1.05. The molecule has 0 aliphatic carbocycles. The summed E-state index contributed by atoms with van der Waals surface area (Å²) >= 11 is 0. The highest BCUT2D eigenvalue weighted by molar-refractivity contribution is 7.94. The first-order valence-electron chi connectivity index (χ1n) is 9.43. The molecule has 0 fully saturated rings. The van der Waals surface area contributed by atoms with Crippen LogP contribution >= 0.6 is 0 Å². The normalized spacial score (nSPS) is 14.8. The third-order valence-electron chi connectivity index (χ3n) is 4.96. The largest absolute Gasteiger partial charge is 0.481 e. The van der Waals surface area contributed by atoms with Gasteiger partial charge in [0, 0.05) is 12.1 Å². The quantitative estimate of drug-likeness (QED) is 0.578. The van der Waals surface area contributed by atoms with Crippen molar-refractivity contribution in [2.45, 2.75) is 18.4 Å². The molecule has 0 bridgehead atoms. The van der Waals surface area contributed by atoms with E-state index in [1.54, 1.807) is 19.1 Å². The number of pyridine rings is 2. The maximum atomic E-state index is 13.6. The Labute approximate surface area is 184 Å². The van der Waals surface area contributed by atoms with Crippen molar-refractivity contribution in [2.75, 3.05) is 23.4 Å². The van der Waals surface area contributed by atoms with Gasteiger partial charge in [-0.1, -0.05) is 12.1 Å². The van der Waals surface area contributed by atoms with E-state index in [1.807, 2.05) is 0 Å². The van der Waals surface area contributed by atoms with Crippen LogP contribution in [0.25, 0.3) is 0 Å². The van der Waals surface area contributed by atoms with Crippen LogP contribution in [-0.4, -0.2) is 38.6 Å². The highest BCUT2D eigenvalue weighted by Gasteiger charge is 2.43. The molecule has 3 heterocycles. The predicted octanol–water partition coefficient (Wildman–Crippen LogP) is 3.28. The number of carbonyl (C=O) groups is 1. The average Bonchev–Trinajstić information content (AvgIpc) is 2.77. The van der Waals surface area contributed by atoms with Gasteiger partial charge in [0.15, 0.2) is 0 Å². The van der Waals surface area contributed by atoms with Crippen molar-refractivity contribution in [2.24, 2.45) is 0 Å². The van der Waals surface area contributed by atoms with Crippen LogP contribution in [0, 0.1) is 12.7 Å². The zero-order chi connectivity index (χ0) is 23.0. The summed E-state index contributed by atoms with van der Waals surface area (Å²) in [6.45, 7) is 1.60. The van der Waals surface area contributed by atoms with Crippen LogP contribution in [0.15, 0.2) is 53.6 Å². The standard InChI is InChI=1S/C21H19FN4O5S/c1-13-8-14(22)11-23-16(13)12-25-17-6-4-5-7-18(17)32(28,29)26(21(25)27)15-9-19(30-2)24-20(10-15)31-3/h4-11H,12H2,1-3H3. The molecule has 166 valence electrons. The second-order valence-electron chi connectivity index (χ2n) is 6.93. The number of benzene rings is 1. The van der Waals surface area contributed by atoms with E-state index in [0.717, 1.165) is 6.20 Å². The monoisotopic (exact) mass is 458 g/mol. The van der Waals surface area contributed by atoms with Crippen molar-refractivity contribution in [1.82, 2.24) is 9.97 Å². The molecule has 0 radical (unpaired) electrons. The number of sulfonamides is 1. The number of fused-ring (bicyclic) bond motifs is 1. The van der Waals surface area contributed by atoms with Gasteiger partial charge in [0.2, 0.25) is 11.8 Å². The summed E-state index contributed by atoms with van der Waals surface area (Å²) in [5.74, 6) is -0.357. The molecular formula is C21H19FN4O5S. The lowest BCUT2D eigenvalue weighted by molar-refractivity contribution is 0.253. The molecule has 2 aromatic heterocycles. The van der Waals surface area contributed by atoms with Gasteiger partial charge in [-0.2, -0.15) is 9.29 Å². The van der Waals surface area contributed by atoms with Gasteiger partial charge in [-0.05, 0) is 30.7 Å². The smallest absolute Gasteiger partial charge is 0.343 e. The summed E-state index contributed by atoms with van der Waals surface area (Å²) in [4.78, 5) is 22.9. The molecule has 0 saturated carbocycles. The number of hydrogen-bond donors (Lipinski definition) is 0. The van der Waals surface area contributed by atoms with Gasteiger partial charge in [-0.25, -0.2) is 17.6 Å². The minimum Gasteiger partial charge on any atom is -0.481 e. The lowest BCUT2D eigenvalue weighted by atomic mass is 10.2. The number of para-hydroxylation sites is 1. The van der Waals surface area contributed by atoms with Crippen LogP contribution < -0.4 is 18.7 Å². The van der Waals surface area contributed by atoms with Crippen LogP contribution in [0.4, 0.5) is 20.6 Å². The Morgan fingerprint density at radius 1 is 1.06 bits per heavy atom. The Morgan fingerprint density at radius 3 is 2.34 bits per heavy atom. The minimum absolute atomic E-state index is 0.00184. The van der Waals surface area contributed by atoms with Gasteiger partial charge in [0.1, 0.15) is 10.7 Å². The molecule has 0 unspecified atom stereocenters. The van der Waals surface area contributed by atoms with Gasteiger partial charge in [0.25, 0.3) is 10.0 Å². The summed E-state index contributed by atoms with van der Waals surface area (Å²) < 4.78 is 51.3. The number of aryl methyl sites for hydroxylation is 1.